The molecule has 1 rings (SSSR count). The number of primary amides is 1. The highest BCUT2D eigenvalue weighted by Crippen LogP contribution is 2.12. The van der Waals surface area contributed by atoms with Gasteiger partial charge >= 0.3 is 6.03 Å². The first-order chi connectivity index (χ1) is 7.04. The third-order valence-corrected chi connectivity index (χ3v) is 2.80. The summed E-state index contributed by atoms with van der Waals surface area (Å²) in [5.41, 5.74) is 4.88. The molecule has 6 nitrogen and oxygen atoms in total. The number of imide groups is 1. The van der Waals surface area contributed by atoms with E-state index in [2.05, 4.69) is 10.6 Å². The minimum atomic E-state index is -0.795. The number of rotatable bonds is 3. The number of likely N-dealkylation sites (tertiary alicyclic amines) is 1. The summed E-state index contributed by atoms with van der Waals surface area (Å²) in [5, 5.41) is 5.25. The van der Waals surface area contributed by atoms with Gasteiger partial charge in [-0.15, -0.1) is 0 Å². The van der Waals surface area contributed by atoms with E-state index in [4.69, 9.17) is 5.73 Å². The molecule has 0 spiro atoms. The molecule has 0 radical (unpaired) electrons. The van der Waals surface area contributed by atoms with Crippen molar-refractivity contribution in [3.63, 3.8) is 0 Å². The van der Waals surface area contributed by atoms with Gasteiger partial charge in [0.05, 0.1) is 6.04 Å². The molecule has 1 heterocycles. The molecule has 1 aliphatic heterocycles. The molecule has 0 saturated carbocycles. The smallest absolute Gasteiger partial charge is 0.318 e. The van der Waals surface area contributed by atoms with E-state index in [1.54, 1.807) is 6.92 Å². The van der Waals surface area contributed by atoms with Crippen LogP contribution in [-0.2, 0) is 4.79 Å². The normalized spacial score (nSPS) is 23.7. The van der Waals surface area contributed by atoms with Crippen molar-refractivity contribution in [2.75, 3.05) is 20.1 Å². The number of carbonyl (C=O) groups excluding carboxylic acids is 2. The first-order valence-corrected chi connectivity index (χ1v) is 5.06. The highest BCUT2D eigenvalue weighted by Gasteiger charge is 2.28. The maximum absolute atomic E-state index is 11.5. The zero-order chi connectivity index (χ0) is 11.4. The van der Waals surface area contributed by atoms with Gasteiger partial charge in [-0.05, 0) is 20.4 Å². The van der Waals surface area contributed by atoms with Crippen LogP contribution in [-0.4, -0.2) is 49.1 Å². The van der Waals surface area contributed by atoms with Gasteiger partial charge < -0.3 is 11.1 Å². The molecular formula is C9H18N4O2. The summed E-state index contributed by atoms with van der Waals surface area (Å²) in [6.07, 6.45) is 1.02. The Morgan fingerprint density at radius 2 is 2.20 bits per heavy atom. The van der Waals surface area contributed by atoms with E-state index in [0.717, 1.165) is 19.5 Å². The molecule has 3 amide bonds. The van der Waals surface area contributed by atoms with Crippen LogP contribution in [0.2, 0.25) is 0 Å². The number of likely N-dealkylation sites (N-methyl/N-ethyl adjacent to an activating group) is 1. The molecular weight excluding hydrogens is 196 g/mol. The molecule has 2 atom stereocenters. The molecule has 86 valence electrons. The zero-order valence-corrected chi connectivity index (χ0v) is 9.12. The maximum atomic E-state index is 11.5. The van der Waals surface area contributed by atoms with Crippen molar-refractivity contribution < 1.29 is 9.59 Å². The number of carbonyl (C=O) groups is 2. The summed E-state index contributed by atoms with van der Waals surface area (Å²) < 4.78 is 0. The van der Waals surface area contributed by atoms with Crippen LogP contribution in [0.4, 0.5) is 4.79 Å². The molecule has 6 heteroatoms. The first-order valence-electron chi connectivity index (χ1n) is 5.06. The second-order valence-electron chi connectivity index (χ2n) is 3.80. The van der Waals surface area contributed by atoms with E-state index in [1.165, 1.54) is 0 Å². The van der Waals surface area contributed by atoms with Gasteiger partial charge in [0.1, 0.15) is 0 Å². The van der Waals surface area contributed by atoms with Crippen LogP contribution in [0.15, 0.2) is 0 Å². The molecule has 0 aromatic rings. The Hall–Kier alpha value is -1.14. The third-order valence-electron chi connectivity index (χ3n) is 2.80. The number of urea groups is 1. The fourth-order valence-corrected chi connectivity index (χ4v) is 1.77. The number of hydrogen-bond acceptors (Lipinski definition) is 4. The fourth-order valence-electron chi connectivity index (χ4n) is 1.77. The van der Waals surface area contributed by atoms with Gasteiger partial charge in [-0.1, -0.05) is 0 Å². The molecule has 0 aromatic carbocycles. The minimum absolute atomic E-state index is 0.309. The predicted octanol–water partition coefficient (Wildman–Crippen LogP) is -1.14. The Morgan fingerprint density at radius 1 is 1.53 bits per heavy atom. The lowest BCUT2D eigenvalue weighted by atomic mass is 10.2. The van der Waals surface area contributed by atoms with Gasteiger partial charge in [-0.3, -0.25) is 15.0 Å². The van der Waals surface area contributed by atoms with Gasteiger partial charge in [0.2, 0.25) is 5.91 Å². The molecule has 0 bridgehead atoms. The molecule has 4 N–H and O–H groups in total. The highest BCUT2D eigenvalue weighted by atomic mass is 16.2. The van der Waals surface area contributed by atoms with E-state index in [9.17, 15) is 9.59 Å². The van der Waals surface area contributed by atoms with Crippen LogP contribution in [0.25, 0.3) is 0 Å². The van der Waals surface area contributed by atoms with Crippen LogP contribution in [0.5, 0.6) is 0 Å². The summed E-state index contributed by atoms with van der Waals surface area (Å²) in [4.78, 5) is 24.0. The summed E-state index contributed by atoms with van der Waals surface area (Å²) in [7, 11) is 1.91. The van der Waals surface area contributed by atoms with Crippen LogP contribution >= 0.6 is 0 Å². The van der Waals surface area contributed by atoms with Gasteiger partial charge in [0, 0.05) is 19.1 Å². The van der Waals surface area contributed by atoms with Gasteiger partial charge in [-0.2, -0.15) is 0 Å². The van der Waals surface area contributed by atoms with Gasteiger partial charge in [-0.25, -0.2) is 4.79 Å². The number of nitrogens with one attached hydrogen (secondary N) is 2. The van der Waals surface area contributed by atoms with Crippen LogP contribution in [0.1, 0.15) is 13.3 Å². The van der Waals surface area contributed by atoms with Crippen molar-refractivity contribution >= 4 is 11.9 Å². The Balaban J connectivity index is 2.43. The van der Waals surface area contributed by atoms with E-state index in [1.807, 2.05) is 11.9 Å². The number of amides is 3. The molecule has 1 aliphatic rings. The maximum Gasteiger partial charge on any atom is 0.318 e. The summed E-state index contributed by atoms with van der Waals surface area (Å²) in [6.45, 7) is 3.46. The average molecular weight is 214 g/mol. The monoisotopic (exact) mass is 214 g/mol. The number of hydrogen-bond donors (Lipinski definition) is 3. The van der Waals surface area contributed by atoms with Crippen LogP contribution in [0.3, 0.4) is 0 Å². The Kier molecular flexibility index (Phi) is 4.05. The Bertz CT molecular complexity index is 256. The molecule has 1 saturated heterocycles. The van der Waals surface area contributed by atoms with Crippen molar-refractivity contribution in [2.45, 2.75) is 25.4 Å². The van der Waals surface area contributed by atoms with Crippen molar-refractivity contribution in [2.24, 2.45) is 5.73 Å². The van der Waals surface area contributed by atoms with Crippen LogP contribution < -0.4 is 16.4 Å². The number of nitrogens with zero attached hydrogens (tertiary/aromatic N) is 1. The lowest BCUT2D eigenvalue weighted by Crippen LogP contribution is -2.48. The van der Waals surface area contributed by atoms with Crippen molar-refractivity contribution in [3.05, 3.63) is 0 Å². The molecule has 2 unspecified atom stereocenters. The topological polar surface area (TPSA) is 87.5 Å². The second kappa shape index (κ2) is 5.09. The third kappa shape index (κ3) is 3.17. The average Bonchev–Trinajstić information content (AvgIpc) is 2.63. The lowest BCUT2D eigenvalue weighted by Gasteiger charge is -2.22. The van der Waals surface area contributed by atoms with E-state index in [0.29, 0.717) is 6.04 Å². The molecule has 0 aromatic heterocycles. The lowest BCUT2D eigenvalue weighted by molar-refractivity contribution is -0.124. The summed E-state index contributed by atoms with van der Waals surface area (Å²) in [5.74, 6) is -0.334. The van der Waals surface area contributed by atoms with Crippen molar-refractivity contribution in [3.8, 4) is 0 Å². The van der Waals surface area contributed by atoms with Gasteiger partial charge in [0.15, 0.2) is 0 Å². The highest BCUT2D eigenvalue weighted by molar-refractivity contribution is 5.96. The Labute approximate surface area is 89.2 Å². The largest absolute Gasteiger partial charge is 0.351 e. The number of nitrogens with two attached hydrogens (primary N) is 1. The van der Waals surface area contributed by atoms with E-state index >= 15 is 0 Å². The van der Waals surface area contributed by atoms with Gasteiger partial charge in [0.25, 0.3) is 0 Å². The minimum Gasteiger partial charge on any atom is -0.351 e. The Morgan fingerprint density at radius 3 is 2.67 bits per heavy atom. The molecule has 15 heavy (non-hydrogen) atoms. The summed E-state index contributed by atoms with van der Waals surface area (Å²) in [6, 6.07) is -0.680. The van der Waals surface area contributed by atoms with E-state index in [-0.39, 0.29) is 11.9 Å². The first kappa shape index (κ1) is 11.9. The SMILES string of the molecule is CNC1CCN(C(C)C(=O)NC(N)=O)C1. The predicted molar refractivity (Wildman–Crippen MR) is 56.2 cm³/mol. The quantitative estimate of drug-likeness (QED) is 0.554. The standard InChI is InChI=1S/C9H18N4O2/c1-6(8(14)12-9(10)15)13-4-3-7(5-13)11-2/h6-7,11H,3-5H2,1-2H3,(H3,10,12,14,15). The fraction of sp³-hybridized carbons (Fsp3) is 0.778. The summed E-state index contributed by atoms with van der Waals surface area (Å²) >= 11 is 0. The zero-order valence-electron chi connectivity index (χ0n) is 9.12. The van der Waals surface area contributed by atoms with Crippen molar-refractivity contribution in [1.29, 1.82) is 0 Å². The molecule has 0 aliphatic carbocycles. The second-order valence-corrected chi connectivity index (χ2v) is 3.80. The molecule has 1 fully saturated rings. The van der Waals surface area contributed by atoms with Crippen LogP contribution in [0, 0.1) is 0 Å². The van der Waals surface area contributed by atoms with E-state index < -0.39 is 6.03 Å². The van der Waals surface area contributed by atoms with Crippen molar-refractivity contribution in [1.82, 2.24) is 15.5 Å².